The predicted octanol–water partition coefficient (Wildman–Crippen LogP) is 4.58. The van der Waals surface area contributed by atoms with Crippen LogP contribution in [-0.4, -0.2) is 83.2 Å². The van der Waals surface area contributed by atoms with Gasteiger partial charge in [0.2, 0.25) is 0 Å². The number of ether oxygens (including phenoxy) is 4. The summed E-state index contributed by atoms with van der Waals surface area (Å²) in [5.74, 6) is -0.884. The van der Waals surface area contributed by atoms with Crippen molar-refractivity contribution in [3.8, 4) is 0 Å². The topological polar surface area (TPSA) is 117 Å². The third-order valence-corrected chi connectivity index (χ3v) is 7.93. The molecule has 0 saturated heterocycles. The normalized spacial score (nSPS) is 12.2. The van der Waals surface area contributed by atoms with Crippen LogP contribution in [0.2, 0.25) is 0 Å². The fraction of sp³-hybridized carbons (Fsp3) is 0.500. The number of hydrogen-bond acceptors (Lipinski definition) is 8. The molecule has 0 fully saturated rings. The van der Waals surface area contributed by atoms with Gasteiger partial charge in [-0.25, -0.2) is 8.42 Å². The second-order valence-electron chi connectivity index (χ2n) is 11.2. The molecule has 0 atom stereocenters. The van der Waals surface area contributed by atoms with Crippen molar-refractivity contribution in [1.29, 1.82) is 0 Å². The molecule has 0 aromatic heterocycles. The van der Waals surface area contributed by atoms with Crippen molar-refractivity contribution in [2.75, 3.05) is 51.9 Å². The quantitative estimate of drug-likeness (QED) is 0.133. The van der Waals surface area contributed by atoms with Crippen LogP contribution in [0.4, 0.5) is 0 Å². The Morgan fingerprint density at radius 2 is 1.45 bits per heavy atom. The Kier molecular flexibility index (Phi) is 14.0. The average Bonchev–Trinajstić information content (AvgIpc) is 2.95. The molecule has 42 heavy (non-hydrogen) atoms. The van der Waals surface area contributed by atoms with Crippen molar-refractivity contribution >= 4 is 21.5 Å². The van der Waals surface area contributed by atoms with Crippen molar-refractivity contribution in [2.45, 2.75) is 57.1 Å². The summed E-state index contributed by atoms with van der Waals surface area (Å²) in [5.41, 5.74) is 0.665. The Balaban J connectivity index is 1.69. The molecule has 0 heterocycles. The third kappa shape index (κ3) is 13.0. The molecular formula is C32H45NO8S. The van der Waals surface area contributed by atoms with Gasteiger partial charge in [0, 0.05) is 24.1 Å². The maximum absolute atomic E-state index is 12.6. The zero-order valence-electron chi connectivity index (χ0n) is 25.4. The number of ketones is 1. The van der Waals surface area contributed by atoms with E-state index in [1.54, 1.807) is 42.5 Å². The summed E-state index contributed by atoms with van der Waals surface area (Å²) >= 11 is 0. The van der Waals surface area contributed by atoms with E-state index >= 15 is 0 Å². The van der Waals surface area contributed by atoms with E-state index in [1.165, 1.54) is 12.1 Å². The molecule has 2 rings (SSSR count). The number of amides is 1. The minimum Gasteiger partial charge on any atom is -0.377 e. The second-order valence-corrected chi connectivity index (χ2v) is 13.3. The van der Waals surface area contributed by atoms with Crippen LogP contribution in [0, 0.1) is 6.92 Å². The first-order valence-electron chi connectivity index (χ1n) is 14.0. The first kappa shape index (κ1) is 35.3. The number of rotatable bonds is 20. The van der Waals surface area contributed by atoms with Crippen LogP contribution >= 0.6 is 0 Å². The monoisotopic (exact) mass is 603 g/mol. The summed E-state index contributed by atoms with van der Waals surface area (Å²) < 4.78 is 47.9. The third-order valence-electron chi connectivity index (χ3n) is 6.20. The van der Waals surface area contributed by atoms with Crippen LogP contribution in [0.25, 0.3) is 0 Å². The standard InChI is InChI=1S/C32H45NO8S/c1-7-18-38-20-21-40-32(5,6)24-41-31(3,4)23-39-19-17-33-30(35)27-12-10-26(11-13-27)29(34)16-22-42(36,37)28-14-8-25(2)9-15-28/h7-15H,1,16-24H2,2-6H3,(H,33,35). The van der Waals surface area contributed by atoms with E-state index in [0.717, 1.165) is 5.56 Å². The number of carbonyl (C=O) groups is 2. The van der Waals surface area contributed by atoms with Gasteiger partial charge >= 0.3 is 0 Å². The van der Waals surface area contributed by atoms with Crippen LogP contribution in [0.15, 0.2) is 66.1 Å². The zero-order chi connectivity index (χ0) is 31.2. The molecule has 0 aliphatic carbocycles. The summed E-state index contributed by atoms with van der Waals surface area (Å²) in [6.07, 6.45) is 1.55. The van der Waals surface area contributed by atoms with Crippen LogP contribution in [0.5, 0.6) is 0 Å². The minimum atomic E-state index is -3.56. The van der Waals surface area contributed by atoms with E-state index < -0.39 is 21.0 Å². The smallest absolute Gasteiger partial charge is 0.251 e. The summed E-state index contributed by atoms with van der Waals surface area (Å²) in [4.78, 5) is 25.3. The van der Waals surface area contributed by atoms with Gasteiger partial charge in [-0.3, -0.25) is 9.59 Å². The number of carbonyl (C=O) groups excluding carboxylic acids is 2. The molecular weight excluding hydrogens is 558 g/mol. The Bertz CT molecular complexity index is 1250. The van der Waals surface area contributed by atoms with Crippen molar-refractivity contribution in [3.63, 3.8) is 0 Å². The Hall–Kier alpha value is -2.89. The van der Waals surface area contributed by atoms with Gasteiger partial charge in [-0.15, -0.1) is 6.58 Å². The van der Waals surface area contributed by atoms with Crippen LogP contribution in [0.1, 0.15) is 60.4 Å². The van der Waals surface area contributed by atoms with Gasteiger partial charge in [-0.2, -0.15) is 0 Å². The van der Waals surface area contributed by atoms with Crippen molar-refractivity contribution in [2.24, 2.45) is 0 Å². The summed E-state index contributed by atoms with van der Waals surface area (Å²) in [5, 5.41) is 2.79. The number of Topliss-reactive ketones (excluding diaryl/α,β-unsaturated/α-hetero) is 1. The van der Waals surface area contributed by atoms with Gasteiger partial charge in [0.1, 0.15) is 0 Å². The minimum absolute atomic E-state index is 0.144. The second kappa shape index (κ2) is 16.7. The number of hydrogen-bond donors (Lipinski definition) is 1. The lowest BCUT2D eigenvalue weighted by Gasteiger charge is -2.32. The van der Waals surface area contributed by atoms with Gasteiger partial charge < -0.3 is 24.3 Å². The highest BCUT2D eigenvalue weighted by Crippen LogP contribution is 2.17. The summed E-state index contributed by atoms with van der Waals surface area (Å²) in [6.45, 7) is 16.0. The largest absolute Gasteiger partial charge is 0.377 e. The lowest BCUT2D eigenvalue weighted by atomic mass is 10.1. The molecule has 0 bridgehead atoms. The first-order chi connectivity index (χ1) is 19.7. The van der Waals surface area contributed by atoms with Gasteiger partial charge in [-0.05, 0) is 58.9 Å². The van der Waals surface area contributed by atoms with Crippen LogP contribution in [-0.2, 0) is 28.8 Å². The molecule has 10 heteroatoms. The summed E-state index contributed by atoms with van der Waals surface area (Å²) in [6, 6.07) is 12.7. The lowest BCUT2D eigenvalue weighted by molar-refractivity contribution is -0.143. The van der Waals surface area contributed by atoms with Gasteiger partial charge in [0.25, 0.3) is 5.91 Å². The van der Waals surface area contributed by atoms with E-state index in [4.69, 9.17) is 18.9 Å². The Morgan fingerprint density at radius 3 is 2.10 bits per heavy atom. The van der Waals surface area contributed by atoms with E-state index in [-0.39, 0.29) is 28.8 Å². The molecule has 0 spiro atoms. The highest BCUT2D eigenvalue weighted by Gasteiger charge is 2.26. The van der Waals surface area contributed by atoms with E-state index in [0.29, 0.717) is 57.3 Å². The van der Waals surface area contributed by atoms with E-state index in [1.807, 2.05) is 34.6 Å². The first-order valence-corrected chi connectivity index (χ1v) is 15.7. The number of sulfone groups is 1. The average molecular weight is 604 g/mol. The lowest BCUT2D eigenvalue weighted by Crippen LogP contribution is -2.40. The fourth-order valence-electron chi connectivity index (χ4n) is 3.70. The molecule has 0 unspecified atom stereocenters. The van der Waals surface area contributed by atoms with E-state index in [2.05, 4.69) is 11.9 Å². The molecule has 0 aliphatic rings. The number of nitrogens with one attached hydrogen (secondary N) is 1. The van der Waals surface area contributed by atoms with Gasteiger partial charge in [-0.1, -0.05) is 35.9 Å². The zero-order valence-corrected chi connectivity index (χ0v) is 26.3. The van der Waals surface area contributed by atoms with E-state index in [9.17, 15) is 18.0 Å². The molecule has 232 valence electrons. The molecule has 1 amide bonds. The maximum atomic E-state index is 12.6. The molecule has 0 aliphatic heterocycles. The predicted molar refractivity (Wildman–Crippen MR) is 163 cm³/mol. The van der Waals surface area contributed by atoms with Crippen molar-refractivity contribution in [3.05, 3.63) is 77.9 Å². The fourth-order valence-corrected chi connectivity index (χ4v) is 4.94. The molecule has 2 aromatic carbocycles. The number of benzene rings is 2. The molecule has 0 saturated carbocycles. The molecule has 0 radical (unpaired) electrons. The summed E-state index contributed by atoms with van der Waals surface area (Å²) in [7, 11) is -3.56. The van der Waals surface area contributed by atoms with Crippen molar-refractivity contribution in [1.82, 2.24) is 5.32 Å². The molecule has 9 nitrogen and oxygen atoms in total. The van der Waals surface area contributed by atoms with Gasteiger partial charge in [0.15, 0.2) is 15.6 Å². The Morgan fingerprint density at radius 1 is 0.833 bits per heavy atom. The number of aryl methyl sites for hydroxylation is 1. The van der Waals surface area contributed by atoms with Crippen molar-refractivity contribution < 1.29 is 37.0 Å². The SMILES string of the molecule is C=CCOCCOC(C)(C)COC(C)(C)COCCNC(=O)c1ccc(C(=O)CCS(=O)(=O)c2ccc(C)cc2)cc1. The molecule has 2 aromatic rings. The van der Waals surface area contributed by atoms with Gasteiger partial charge in [0.05, 0.1) is 61.5 Å². The maximum Gasteiger partial charge on any atom is 0.251 e. The highest BCUT2D eigenvalue weighted by atomic mass is 32.2. The molecule has 1 N–H and O–H groups in total. The van der Waals surface area contributed by atoms with Crippen LogP contribution < -0.4 is 5.32 Å². The van der Waals surface area contributed by atoms with Crippen LogP contribution in [0.3, 0.4) is 0 Å². The Labute approximate surface area is 250 Å². The highest BCUT2D eigenvalue weighted by molar-refractivity contribution is 7.91.